The van der Waals surface area contributed by atoms with E-state index in [1.54, 1.807) is 31.4 Å². The van der Waals surface area contributed by atoms with Gasteiger partial charge in [-0.05, 0) is 29.8 Å². The molecule has 0 aliphatic rings. The highest BCUT2D eigenvalue weighted by Crippen LogP contribution is 2.19. The zero-order valence-corrected chi connectivity index (χ0v) is 11.0. The second kappa shape index (κ2) is 6.43. The minimum absolute atomic E-state index is 0.191. The molecule has 20 heavy (non-hydrogen) atoms. The zero-order chi connectivity index (χ0) is 14.4. The predicted molar refractivity (Wildman–Crippen MR) is 78.7 cm³/mol. The van der Waals surface area contributed by atoms with Gasteiger partial charge in [0.05, 0.1) is 12.7 Å². The third-order valence-corrected chi connectivity index (χ3v) is 2.79. The number of hydrogen-bond acceptors (Lipinski definition) is 3. The molecule has 0 saturated heterocycles. The molecule has 0 radical (unpaired) electrons. The summed E-state index contributed by atoms with van der Waals surface area (Å²) in [6.07, 6.45) is 1.49. The molecule has 0 unspecified atom stereocenters. The van der Waals surface area contributed by atoms with E-state index in [9.17, 15) is 9.90 Å². The van der Waals surface area contributed by atoms with E-state index >= 15 is 0 Å². The molecule has 0 heterocycles. The number of ether oxygens (including phenoxy) is 1. The molecule has 4 heteroatoms. The topological polar surface area (TPSA) is 58.6 Å². The van der Waals surface area contributed by atoms with Crippen LogP contribution in [0, 0.1) is 0 Å². The van der Waals surface area contributed by atoms with Crippen molar-refractivity contribution < 1.29 is 14.6 Å². The van der Waals surface area contributed by atoms with Gasteiger partial charge in [-0.3, -0.25) is 0 Å². The maximum absolute atomic E-state index is 11.3. The van der Waals surface area contributed by atoms with E-state index in [2.05, 4.69) is 5.32 Å². The van der Waals surface area contributed by atoms with Gasteiger partial charge in [0.25, 0.3) is 0 Å². The average Bonchev–Trinajstić information content (AvgIpc) is 2.49. The highest BCUT2D eigenvalue weighted by molar-refractivity contribution is 6.15. The van der Waals surface area contributed by atoms with Gasteiger partial charge in [-0.2, -0.15) is 0 Å². The van der Waals surface area contributed by atoms with Gasteiger partial charge in [0.1, 0.15) is 5.75 Å². The number of rotatable bonds is 5. The van der Waals surface area contributed by atoms with Gasteiger partial charge in [-0.1, -0.05) is 30.3 Å². The standard InChI is InChI=1S/C16H15NO3/c1-20-14-9-7-12(8-10-14)15(16(18)19)11-17-13-5-3-2-4-6-13/h2-11,17H,1H3,(H,18,19). The van der Waals surface area contributed by atoms with Crippen molar-refractivity contribution in [3.8, 4) is 5.75 Å². The molecule has 0 atom stereocenters. The van der Waals surface area contributed by atoms with E-state index in [0.717, 1.165) is 5.69 Å². The normalized spacial score (nSPS) is 10.9. The average molecular weight is 269 g/mol. The summed E-state index contributed by atoms with van der Waals surface area (Å²) < 4.78 is 5.06. The van der Waals surface area contributed by atoms with Gasteiger partial charge in [0, 0.05) is 11.9 Å². The highest BCUT2D eigenvalue weighted by atomic mass is 16.5. The Kier molecular flexibility index (Phi) is 4.39. The van der Waals surface area contributed by atoms with E-state index in [4.69, 9.17) is 4.74 Å². The first-order valence-corrected chi connectivity index (χ1v) is 6.10. The number of aliphatic carboxylic acids is 1. The molecule has 4 nitrogen and oxygen atoms in total. The fourth-order valence-corrected chi connectivity index (χ4v) is 1.73. The Morgan fingerprint density at radius 3 is 2.30 bits per heavy atom. The van der Waals surface area contributed by atoms with E-state index in [0.29, 0.717) is 11.3 Å². The number of carboxylic acid groups (broad SMARTS) is 1. The molecule has 0 bridgehead atoms. The molecule has 0 saturated carbocycles. The molecule has 2 aromatic rings. The lowest BCUT2D eigenvalue weighted by molar-refractivity contribution is -0.130. The monoisotopic (exact) mass is 269 g/mol. The number of nitrogens with one attached hydrogen (secondary N) is 1. The first-order valence-electron chi connectivity index (χ1n) is 6.10. The molecule has 0 spiro atoms. The van der Waals surface area contributed by atoms with Crippen LogP contribution < -0.4 is 10.1 Å². The first-order chi connectivity index (χ1) is 9.70. The fourth-order valence-electron chi connectivity index (χ4n) is 1.73. The van der Waals surface area contributed by atoms with Crippen LogP contribution in [-0.2, 0) is 4.79 Å². The van der Waals surface area contributed by atoms with E-state index in [1.807, 2.05) is 30.3 Å². The van der Waals surface area contributed by atoms with E-state index in [1.165, 1.54) is 6.20 Å². The van der Waals surface area contributed by atoms with Crippen molar-refractivity contribution in [2.24, 2.45) is 0 Å². The van der Waals surface area contributed by atoms with Crippen molar-refractivity contribution >= 4 is 17.2 Å². The van der Waals surface area contributed by atoms with Gasteiger partial charge in [0.15, 0.2) is 0 Å². The summed E-state index contributed by atoms with van der Waals surface area (Å²) in [6, 6.07) is 16.3. The number of anilines is 1. The third-order valence-electron chi connectivity index (χ3n) is 2.79. The molecule has 0 fully saturated rings. The lowest BCUT2D eigenvalue weighted by atomic mass is 10.1. The Balaban J connectivity index is 2.24. The van der Waals surface area contributed by atoms with Gasteiger partial charge in [-0.15, -0.1) is 0 Å². The summed E-state index contributed by atoms with van der Waals surface area (Å²) in [5, 5.41) is 12.3. The Morgan fingerprint density at radius 2 is 1.75 bits per heavy atom. The molecule has 2 N–H and O–H groups in total. The summed E-state index contributed by atoms with van der Waals surface area (Å²) in [5.74, 6) is -0.298. The van der Waals surface area contributed by atoms with Crippen LogP contribution in [0.15, 0.2) is 60.8 Å². The SMILES string of the molecule is COc1ccc(C(=CNc2ccccc2)C(=O)O)cc1. The van der Waals surface area contributed by atoms with Crippen molar-refractivity contribution in [3.05, 3.63) is 66.4 Å². The molecule has 0 aliphatic heterocycles. The number of methoxy groups -OCH3 is 1. The van der Waals surface area contributed by atoms with Gasteiger partial charge < -0.3 is 15.2 Å². The smallest absolute Gasteiger partial charge is 0.337 e. The summed E-state index contributed by atoms with van der Waals surface area (Å²) in [5.41, 5.74) is 1.64. The first kappa shape index (κ1) is 13.7. The number of para-hydroxylation sites is 1. The van der Waals surface area contributed by atoms with Crippen molar-refractivity contribution in [2.45, 2.75) is 0 Å². The second-order valence-corrected chi connectivity index (χ2v) is 4.10. The summed E-state index contributed by atoms with van der Waals surface area (Å²) in [6.45, 7) is 0. The summed E-state index contributed by atoms with van der Waals surface area (Å²) in [7, 11) is 1.57. The van der Waals surface area contributed by atoms with Crippen molar-refractivity contribution in [1.29, 1.82) is 0 Å². The Morgan fingerprint density at radius 1 is 1.10 bits per heavy atom. The second-order valence-electron chi connectivity index (χ2n) is 4.10. The molecule has 0 amide bonds. The molecule has 0 aromatic heterocycles. The lowest BCUT2D eigenvalue weighted by Crippen LogP contribution is -2.02. The summed E-state index contributed by atoms with van der Waals surface area (Å²) in [4.78, 5) is 11.3. The maximum atomic E-state index is 11.3. The van der Waals surface area contributed by atoms with Crippen molar-refractivity contribution in [3.63, 3.8) is 0 Å². The molecule has 2 aromatic carbocycles. The molecule has 0 aliphatic carbocycles. The Hall–Kier alpha value is -2.75. The minimum Gasteiger partial charge on any atom is -0.497 e. The molecule has 102 valence electrons. The molecular formula is C16H15NO3. The maximum Gasteiger partial charge on any atom is 0.337 e. The molecular weight excluding hydrogens is 254 g/mol. The number of carboxylic acids is 1. The highest BCUT2D eigenvalue weighted by Gasteiger charge is 2.10. The van der Waals surface area contributed by atoms with Crippen LogP contribution in [0.25, 0.3) is 5.57 Å². The van der Waals surface area contributed by atoms with Crippen molar-refractivity contribution in [2.75, 3.05) is 12.4 Å². The third kappa shape index (κ3) is 3.38. The fraction of sp³-hybridized carbons (Fsp3) is 0.0625. The Labute approximate surface area is 117 Å². The number of benzene rings is 2. The van der Waals surface area contributed by atoms with Crippen LogP contribution in [0.2, 0.25) is 0 Å². The van der Waals surface area contributed by atoms with E-state index < -0.39 is 5.97 Å². The van der Waals surface area contributed by atoms with Crippen LogP contribution in [0.5, 0.6) is 5.75 Å². The largest absolute Gasteiger partial charge is 0.497 e. The summed E-state index contributed by atoms with van der Waals surface area (Å²) >= 11 is 0. The quantitative estimate of drug-likeness (QED) is 0.818. The predicted octanol–water partition coefficient (Wildman–Crippen LogP) is 3.23. The van der Waals surface area contributed by atoms with Gasteiger partial charge in [0.2, 0.25) is 0 Å². The zero-order valence-electron chi connectivity index (χ0n) is 11.0. The molecule has 2 rings (SSSR count). The van der Waals surface area contributed by atoms with E-state index in [-0.39, 0.29) is 5.57 Å². The van der Waals surface area contributed by atoms with Gasteiger partial charge >= 0.3 is 5.97 Å². The lowest BCUT2D eigenvalue weighted by Gasteiger charge is -2.06. The van der Waals surface area contributed by atoms with Crippen LogP contribution in [-0.4, -0.2) is 18.2 Å². The van der Waals surface area contributed by atoms with Crippen LogP contribution in [0.4, 0.5) is 5.69 Å². The number of carbonyl (C=O) groups is 1. The minimum atomic E-state index is -0.987. The van der Waals surface area contributed by atoms with Crippen LogP contribution in [0.3, 0.4) is 0 Å². The van der Waals surface area contributed by atoms with Gasteiger partial charge in [-0.25, -0.2) is 4.79 Å². The van der Waals surface area contributed by atoms with Crippen LogP contribution in [0.1, 0.15) is 5.56 Å². The Bertz CT molecular complexity index is 603. The van der Waals surface area contributed by atoms with Crippen LogP contribution >= 0.6 is 0 Å². The number of hydrogen-bond donors (Lipinski definition) is 2. The van der Waals surface area contributed by atoms with Crippen molar-refractivity contribution in [1.82, 2.24) is 0 Å².